The van der Waals surface area contributed by atoms with Crippen LogP contribution in [0.1, 0.15) is 22.3 Å². The first-order chi connectivity index (χ1) is 9.66. The summed E-state index contributed by atoms with van der Waals surface area (Å²) in [6, 6.07) is 14.3. The highest BCUT2D eigenvalue weighted by Crippen LogP contribution is 2.14. The Morgan fingerprint density at radius 1 is 1.15 bits per heavy atom. The second-order valence-corrected chi connectivity index (χ2v) is 4.99. The van der Waals surface area contributed by atoms with Gasteiger partial charge in [-0.1, -0.05) is 30.3 Å². The van der Waals surface area contributed by atoms with Gasteiger partial charge in [0.05, 0.1) is 0 Å². The lowest BCUT2D eigenvalue weighted by Gasteiger charge is -2.06. The summed E-state index contributed by atoms with van der Waals surface area (Å²) in [6.07, 6.45) is 1.78. The number of thiol groups is 1. The third-order valence-electron chi connectivity index (χ3n) is 2.98. The summed E-state index contributed by atoms with van der Waals surface area (Å²) in [5.74, 6) is -0.623. The Morgan fingerprint density at radius 3 is 2.60 bits per heavy atom. The van der Waals surface area contributed by atoms with E-state index < -0.39 is 5.82 Å². The fourth-order valence-electron chi connectivity index (χ4n) is 1.90. The Morgan fingerprint density at radius 2 is 1.90 bits per heavy atom. The number of hydrogen-bond acceptors (Lipinski definition) is 2. The standard InChI is InChI=1S/C16H16FNOS/c17-14-9-8-13(11-15(14)20)16(19)18-10-4-7-12-5-2-1-3-6-12/h1-3,5-6,8-9,11,20H,4,7,10H2,(H,18,19). The van der Waals surface area contributed by atoms with Gasteiger partial charge in [0.1, 0.15) is 5.82 Å². The second kappa shape index (κ2) is 7.10. The number of carbonyl (C=O) groups is 1. The Hall–Kier alpha value is -1.81. The van der Waals surface area contributed by atoms with E-state index in [0.717, 1.165) is 12.8 Å². The monoisotopic (exact) mass is 289 g/mol. The van der Waals surface area contributed by atoms with E-state index in [1.807, 2.05) is 18.2 Å². The molecule has 0 atom stereocenters. The van der Waals surface area contributed by atoms with E-state index >= 15 is 0 Å². The molecule has 0 unspecified atom stereocenters. The SMILES string of the molecule is O=C(NCCCc1ccccc1)c1ccc(F)c(S)c1. The lowest BCUT2D eigenvalue weighted by Crippen LogP contribution is -2.24. The van der Waals surface area contributed by atoms with Gasteiger partial charge in [0.2, 0.25) is 0 Å². The van der Waals surface area contributed by atoms with Crippen molar-refractivity contribution in [3.63, 3.8) is 0 Å². The van der Waals surface area contributed by atoms with E-state index in [4.69, 9.17) is 0 Å². The summed E-state index contributed by atoms with van der Waals surface area (Å²) >= 11 is 3.96. The summed E-state index contributed by atoms with van der Waals surface area (Å²) in [5, 5.41) is 2.82. The normalized spacial score (nSPS) is 10.3. The number of rotatable bonds is 5. The molecule has 0 aliphatic heterocycles. The number of nitrogens with one attached hydrogen (secondary N) is 1. The molecule has 0 fully saturated rings. The highest BCUT2D eigenvalue weighted by Gasteiger charge is 2.07. The minimum absolute atomic E-state index is 0.182. The minimum atomic E-state index is -0.422. The molecule has 0 aliphatic carbocycles. The number of amides is 1. The zero-order valence-corrected chi connectivity index (χ0v) is 11.9. The highest BCUT2D eigenvalue weighted by molar-refractivity contribution is 7.80. The second-order valence-electron chi connectivity index (χ2n) is 4.51. The van der Waals surface area contributed by atoms with Crippen LogP contribution in [0.2, 0.25) is 0 Å². The van der Waals surface area contributed by atoms with Gasteiger partial charge in [0, 0.05) is 17.0 Å². The van der Waals surface area contributed by atoms with Crippen LogP contribution >= 0.6 is 12.6 Å². The van der Waals surface area contributed by atoms with E-state index in [9.17, 15) is 9.18 Å². The first-order valence-electron chi connectivity index (χ1n) is 6.47. The van der Waals surface area contributed by atoms with Gasteiger partial charge in [-0.3, -0.25) is 4.79 Å². The summed E-state index contributed by atoms with van der Waals surface area (Å²) in [6.45, 7) is 0.590. The molecule has 2 aromatic carbocycles. The Balaban J connectivity index is 1.79. The molecule has 2 nitrogen and oxygen atoms in total. The molecule has 0 bridgehead atoms. The summed E-state index contributed by atoms with van der Waals surface area (Å²) in [4.78, 5) is 12.0. The molecule has 20 heavy (non-hydrogen) atoms. The highest BCUT2D eigenvalue weighted by atomic mass is 32.1. The van der Waals surface area contributed by atoms with Crippen molar-refractivity contribution in [2.24, 2.45) is 0 Å². The lowest BCUT2D eigenvalue weighted by molar-refractivity contribution is 0.0953. The number of hydrogen-bond donors (Lipinski definition) is 2. The predicted molar refractivity (Wildman–Crippen MR) is 80.7 cm³/mol. The van der Waals surface area contributed by atoms with Crippen molar-refractivity contribution in [3.8, 4) is 0 Å². The van der Waals surface area contributed by atoms with E-state index in [1.165, 1.54) is 23.8 Å². The lowest BCUT2D eigenvalue weighted by atomic mass is 10.1. The fraction of sp³-hybridized carbons (Fsp3) is 0.188. The molecule has 0 radical (unpaired) electrons. The van der Waals surface area contributed by atoms with Crippen LogP contribution in [0.4, 0.5) is 4.39 Å². The summed E-state index contributed by atoms with van der Waals surface area (Å²) in [5.41, 5.74) is 1.68. The van der Waals surface area contributed by atoms with Gasteiger partial charge >= 0.3 is 0 Å². The largest absolute Gasteiger partial charge is 0.352 e. The van der Waals surface area contributed by atoms with Gasteiger partial charge in [0.15, 0.2) is 0 Å². The van der Waals surface area contributed by atoms with Gasteiger partial charge in [-0.2, -0.15) is 0 Å². The molecule has 0 saturated heterocycles. The molecule has 4 heteroatoms. The van der Waals surface area contributed by atoms with E-state index in [0.29, 0.717) is 12.1 Å². The number of benzene rings is 2. The van der Waals surface area contributed by atoms with Crippen molar-refractivity contribution in [2.75, 3.05) is 6.54 Å². The van der Waals surface area contributed by atoms with Crippen molar-refractivity contribution in [2.45, 2.75) is 17.7 Å². The van der Waals surface area contributed by atoms with E-state index in [2.05, 4.69) is 30.1 Å². The van der Waals surface area contributed by atoms with Crippen molar-refractivity contribution in [1.29, 1.82) is 0 Å². The summed E-state index contributed by atoms with van der Waals surface area (Å²) < 4.78 is 13.0. The first-order valence-corrected chi connectivity index (χ1v) is 6.92. The van der Waals surface area contributed by atoms with Crippen LogP contribution in [0.15, 0.2) is 53.4 Å². The number of carbonyl (C=O) groups excluding carboxylic acids is 1. The maximum Gasteiger partial charge on any atom is 0.251 e. The predicted octanol–water partition coefficient (Wildman–Crippen LogP) is 3.48. The molecular formula is C16H16FNOS. The third-order valence-corrected chi connectivity index (χ3v) is 3.32. The molecule has 104 valence electrons. The topological polar surface area (TPSA) is 29.1 Å². The van der Waals surface area contributed by atoms with Gasteiger partial charge in [0.25, 0.3) is 5.91 Å². The van der Waals surface area contributed by atoms with Gasteiger partial charge in [-0.25, -0.2) is 4.39 Å². The maximum absolute atomic E-state index is 13.0. The minimum Gasteiger partial charge on any atom is -0.352 e. The Labute approximate surface area is 123 Å². The molecule has 0 saturated carbocycles. The third kappa shape index (κ3) is 4.10. The average molecular weight is 289 g/mol. The van der Waals surface area contributed by atoms with Crippen molar-refractivity contribution in [3.05, 3.63) is 65.5 Å². The molecular weight excluding hydrogens is 273 g/mol. The molecule has 0 aliphatic rings. The molecule has 1 amide bonds. The van der Waals surface area contributed by atoms with E-state index in [-0.39, 0.29) is 10.8 Å². The van der Waals surface area contributed by atoms with E-state index in [1.54, 1.807) is 0 Å². The Kier molecular flexibility index (Phi) is 5.18. The molecule has 0 spiro atoms. The molecule has 1 N–H and O–H groups in total. The van der Waals surface area contributed by atoms with Crippen LogP contribution in [-0.2, 0) is 6.42 Å². The molecule has 0 heterocycles. The van der Waals surface area contributed by atoms with Crippen LogP contribution in [0, 0.1) is 5.82 Å². The number of halogens is 1. The number of aryl methyl sites for hydroxylation is 1. The maximum atomic E-state index is 13.0. The zero-order chi connectivity index (χ0) is 14.4. The zero-order valence-electron chi connectivity index (χ0n) is 11.0. The van der Waals surface area contributed by atoms with Gasteiger partial charge < -0.3 is 5.32 Å². The van der Waals surface area contributed by atoms with Gasteiger partial charge in [-0.15, -0.1) is 12.6 Å². The van der Waals surface area contributed by atoms with Crippen LogP contribution in [0.3, 0.4) is 0 Å². The van der Waals surface area contributed by atoms with Crippen molar-refractivity contribution < 1.29 is 9.18 Å². The van der Waals surface area contributed by atoms with Crippen LogP contribution < -0.4 is 5.32 Å². The molecule has 0 aromatic heterocycles. The fourth-order valence-corrected chi connectivity index (χ4v) is 2.11. The molecule has 2 rings (SSSR count). The van der Waals surface area contributed by atoms with Gasteiger partial charge in [-0.05, 0) is 36.6 Å². The van der Waals surface area contributed by atoms with Crippen LogP contribution in [0.5, 0.6) is 0 Å². The quantitative estimate of drug-likeness (QED) is 0.640. The molecule has 2 aromatic rings. The van der Waals surface area contributed by atoms with Crippen LogP contribution in [0.25, 0.3) is 0 Å². The van der Waals surface area contributed by atoms with Crippen molar-refractivity contribution in [1.82, 2.24) is 5.32 Å². The smallest absolute Gasteiger partial charge is 0.251 e. The first kappa shape index (κ1) is 14.6. The van der Waals surface area contributed by atoms with Crippen LogP contribution in [-0.4, -0.2) is 12.5 Å². The summed E-state index contributed by atoms with van der Waals surface area (Å²) in [7, 11) is 0. The average Bonchev–Trinajstić information content (AvgIpc) is 2.47. The Bertz CT molecular complexity index is 586. The van der Waals surface area contributed by atoms with Crippen molar-refractivity contribution >= 4 is 18.5 Å².